The molecule has 0 N–H and O–H groups in total. The second-order valence-corrected chi connectivity index (χ2v) is 12.1. The second-order valence-electron chi connectivity index (χ2n) is 12.1. The standard InChI is InChI=1S/C45H30N2/c1-7-19-36-30(13-1)25-31-14-2-8-20-37(31)42(36)28-46-45(44-40-23-11-5-17-34(40)27-35-18-6-12-24-41(35)44)47-29-43-38-21-9-3-15-32(38)26-33-16-4-10-22-39(33)43/h1-29,45H. The first-order valence-corrected chi connectivity index (χ1v) is 16.1. The quantitative estimate of drug-likeness (QED) is 0.139. The van der Waals surface area contributed by atoms with Gasteiger partial charge in [0.15, 0.2) is 6.17 Å². The minimum Gasteiger partial charge on any atom is -0.261 e. The van der Waals surface area contributed by atoms with Crippen molar-refractivity contribution in [2.75, 3.05) is 0 Å². The normalized spacial score (nSPS) is 12.9. The van der Waals surface area contributed by atoms with Gasteiger partial charge in [-0.15, -0.1) is 0 Å². The van der Waals surface area contributed by atoms with Crippen molar-refractivity contribution in [1.29, 1.82) is 0 Å². The van der Waals surface area contributed by atoms with Crippen molar-refractivity contribution in [1.82, 2.24) is 0 Å². The summed E-state index contributed by atoms with van der Waals surface area (Å²) in [6, 6.07) is 58.3. The Bertz CT molecular complexity index is 2410. The fourth-order valence-electron chi connectivity index (χ4n) is 7.18. The molecule has 0 fully saturated rings. The summed E-state index contributed by atoms with van der Waals surface area (Å²) in [5.74, 6) is 0. The molecule has 0 bridgehead atoms. The smallest absolute Gasteiger partial charge is 0.166 e. The van der Waals surface area contributed by atoms with Gasteiger partial charge in [-0.05, 0) is 82.8 Å². The van der Waals surface area contributed by atoms with Gasteiger partial charge in [0, 0.05) is 29.1 Å². The van der Waals surface area contributed by atoms with Crippen LogP contribution in [0.1, 0.15) is 22.9 Å². The van der Waals surface area contributed by atoms with Gasteiger partial charge < -0.3 is 0 Å². The van der Waals surface area contributed by atoms with E-state index in [2.05, 4.69) is 176 Å². The van der Waals surface area contributed by atoms with E-state index in [1.165, 1.54) is 53.9 Å². The minimum absolute atomic E-state index is 0.485. The first-order valence-electron chi connectivity index (χ1n) is 16.1. The summed E-state index contributed by atoms with van der Waals surface area (Å²) in [5, 5.41) is 14.2. The maximum absolute atomic E-state index is 5.42. The Morgan fingerprint density at radius 3 is 0.894 bits per heavy atom. The molecular formula is C45H30N2. The molecule has 47 heavy (non-hydrogen) atoms. The molecule has 9 rings (SSSR count). The zero-order valence-electron chi connectivity index (χ0n) is 25.7. The van der Waals surface area contributed by atoms with Gasteiger partial charge in [0.25, 0.3) is 0 Å². The van der Waals surface area contributed by atoms with Gasteiger partial charge in [0.1, 0.15) is 0 Å². The van der Waals surface area contributed by atoms with Crippen molar-refractivity contribution in [3.63, 3.8) is 0 Å². The minimum atomic E-state index is -0.485. The zero-order valence-corrected chi connectivity index (χ0v) is 25.7. The van der Waals surface area contributed by atoms with E-state index in [0.29, 0.717) is 0 Å². The average molecular weight is 599 g/mol. The van der Waals surface area contributed by atoms with Gasteiger partial charge in [0.2, 0.25) is 0 Å². The predicted octanol–water partition coefficient (Wildman–Crippen LogP) is 11.8. The van der Waals surface area contributed by atoms with Gasteiger partial charge in [-0.25, -0.2) is 0 Å². The van der Waals surface area contributed by atoms with Crippen molar-refractivity contribution in [2.45, 2.75) is 6.17 Å². The Kier molecular flexibility index (Phi) is 6.57. The highest BCUT2D eigenvalue weighted by Crippen LogP contribution is 2.37. The second kappa shape index (κ2) is 11.3. The predicted molar refractivity (Wildman–Crippen MR) is 202 cm³/mol. The lowest BCUT2D eigenvalue weighted by molar-refractivity contribution is 0.802. The summed E-state index contributed by atoms with van der Waals surface area (Å²) in [4.78, 5) is 10.8. The summed E-state index contributed by atoms with van der Waals surface area (Å²) in [7, 11) is 0. The number of benzene rings is 9. The fraction of sp³-hybridized carbons (Fsp3) is 0.0222. The van der Waals surface area contributed by atoms with E-state index in [4.69, 9.17) is 9.98 Å². The van der Waals surface area contributed by atoms with Gasteiger partial charge in [0.05, 0.1) is 0 Å². The molecule has 0 saturated heterocycles. The zero-order chi connectivity index (χ0) is 31.2. The maximum atomic E-state index is 5.42. The van der Waals surface area contributed by atoms with Gasteiger partial charge in [-0.1, -0.05) is 146 Å². The van der Waals surface area contributed by atoms with Crippen molar-refractivity contribution < 1.29 is 0 Å². The fourth-order valence-corrected chi connectivity index (χ4v) is 7.18. The molecule has 0 amide bonds. The van der Waals surface area contributed by atoms with E-state index >= 15 is 0 Å². The molecule has 0 aliphatic heterocycles. The number of aliphatic imine (C=N–C) groups is 2. The Labute approximate surface area is 273 Å². The van der Waals surface area contributed by atoms with Crippen molar-refractivity contribution in [2.24, 2.45) is 9.98 Å². The summed E-state index contributed by atoms with van der Waals surface area (Å²) in [6.45, 7) is 0. The van der Waals surface area contributed by atoms with E-state index in [1.54, 1.807) is 0 Å². The largest absolute Gasteiger partial charge is 0.261 e. The maximum Gasteiger partial charge on any atom is 0.166 e. The average Bonchev–Trinajstić information content (AvgIpc) is 3.13. The van der Waals surface area contributed by atoms with Crippen LogP contribution >= 0.6 is 0 Å². The first kappa shape index (κ1) is 27.2. The van der Waals surface area contributed by atoms with Gasteiger partial charge in [-0.2, -0.15) is 0 Å². The molecule has 2 nitrogen and oxygen atoms in total. The third-order valence-electron chi connectivity index (χ3n) is 9.39. The number of hydrogen-bond acceptors (Lipinski definition) is 2. The molecule has 220 valence electrons. The Hall–Kier alpha value is -6.12. The highest BCUT2D eigenvalue weighted by molar-refractivity contribution is 6.15. The number of fused-ring (bicyclic) bond motifs is 6. The lowest BCUT2D eigenvalue weighted by atomic mass is 9.94. The van der Waals surface area contributed by atoms with Crippen LogP contribution in [0.15, 0.2) is 174 Å². The SMILES string of the molecule is C(=NC(N=Cc1c2ccccc2cc2ccccc12)c1c2ccccc2cc2ccccc12)c1c2ccccc2cc2ccccc12. The monoisotopic (exact) mass is 598 g/mol. The van der Waals surface area contributed by atoms with Crippen LogP contribution in [-0.2, 0) is 0 Å². The summed E-state index contributed by atoms with van der Waals surface area (Å²) < 4.78 is 0. The molecule has 0 heterocycles. The van der Waals surface area contributed by atoms with Crippen LogP contribution in [0, 0.1) is 0 Å². The molecule has 0 saturated carbocycles. The summed E-state index contributed by atoms with van der Waals surface area (Å²) in [5.41, 5.74) is 3.33. The molecule has 9 aromatic carbocycles. The third-order valence-corrected chi connectivity index (χ3v) is 9.39. The van der Waals surface area contributed by atoms with E-state index in [9.17, 15) is 0 Å². The number of hydrogen-bond donors (Lipinski definition) is 0. The van der Waals surface area contributed by atoms with E-state index < -0.39 is 6.17 Å². The van der Waals surface area contributed by atoms with E-state index in [0.717, 1.165) is 27.5 Å². The van der Waals surface area contributed by atoms with Crippen LogP contribution in [0.4, 0.5) is 0 Å². The molecule has 0 radical (unpaired) electrons. The van der Waals surface area contributed by atoms with Crippen LogP contribution < -0.4 is 0 Å². The van der Waals surface area contributed by atoms with Crippen molar-refractivity contribution >= 4 is 77.1 Å². The van der Waals surface area contributed by atoms with Crippen LogP contribution in [0.25, 0.3) is 64.6 Å². The van der Waals surface area contributed by atoms with Crippen LogP contribution in [0.3, 0.4) is 0 Å². The Balaban J connectivity index is 1.32. The highest BCUT2D eigenvalue weighted by Gasteiger charge is 2.17. The summed E-state index contributed by atoms with van der Waals surface area (Å²) >= 11 is 0. The Morgan fingerprint density at radius 1 is 0.319 bits per heavy atom. The molecule has 0 aromatic heterocycles. The lowest BCUT2D eigenvalue weighted by Crippen LogP contribution is -2.00. The summed E-state index contributed by atoms with van der Waals surface area (Å²) in [6.07, 6.45) is 3.64. The molecular weight excluding hydrogens is 569 g/mol. The van der Waals surface area contributed by atoms with E-state index in [1.807, 2.05) is 0 Å². The Morgan fingerprint density at radius 2 is 0.574 bits per heavy atom. The molecule has 0 spiro atoms. The highest BCUT2D eigenvalue weighted by atomic mass is 15.0. The van der Waals surface area contributed by atoms with Crippen LogP contribution in [0.5, 0.6) is 0 Å². The van der Waals surface area contributed by atoms with Gasteiger partial charge in [-0.3, -0.25) is 9.98 Å². The molecule has 0 unspecified atom stereocenters. The molecule has 2 heteroatoms. The van der Waals surface area contributed by atoms with Gasteiger partial charge >= 0.3 is 0 Å². The molecule has 0 aliphatic rings. The van der Waals surface area contributed by atoms with Crippen molar-refractivity contribution in [3.8, 4) is 0 Å². The topological polar surface area (TPSA) is 24.7 Å². The molecule has 0 atom stereocenters. The lowest BCUT2D eigenvalue weighted by Gasteiger charge is -2.17. The van der Waals surface area contributed by atoms with Crippen molar-refractivity contribution in [3.05, 3.63) is 180 Å². The number of rotatable bonds is 5. The van der Waals surface area contributed by atoms with Crippen LogP contribution in [-0.4, -0.2) is 12.4 Å². The first-order chi connectivity index (χ1) is 23.3. The van der Waals surface area contributed by atoms with Crippen LogP contribution in [0.2, 0.25) is 0 Å². The molecule has 0 aliphatic carbocycles. The third kappa shape index (κ3) is 4.74. The molecule has 9 aromatic rings. The van der Waals surface area contributed by atoms with E-state index in [-0.39, 0.29) is 0 Å². The number of nitrogens with zero attached hydrogens (tertiary/aromatic N) is 2.